The van der Waals surface area contributed by atoms with Crippen LogP contribution < -0.4 is 5.43 Å². The fraction of sp³-hybridized carbons (Fsp3) is 0.0303. The quantitative estimate of drug-likeness (QED) is 0.167. The molecule has 1 amide bonds. The van der Waals surface area contributed by atoms with Gasteiger partial charge in [-0.3, -0.25) is 4.79 Å². The molecule has 4 aromatic carbocycles. The van der Waals surface area contributed by atoms with Crippen LogP contribution in [0.2, 0.25) is 0 Å². The molecule has 6 rings (SSSR count). The van der Waals surface area contributed by atoms with Gasteiger partial charge in [-0.25, -0.2) is 9.82 Å². The fourth-order valence-corrected chi connectivity index (χ4v) is 5.07. The van der Waals surface area contributed by atoms with E-state index >= 15 is 0 Å². The average Bonchev–Trinajstić information content (AvgIpc) is 3.61. The topological polar surface area (TPSA) is 121 Å². The number of nitrogens with one attached hydrogen (secondary N) is 3. The minimum Gasteiger partial charge on any atom is -0.361 e. The number of fused-ring (bicyclic) bond motifs is 2. The van der Waals surface area contributed by atoms with Crippen molar-refractivity contribution in [3.05, 3.63) is 142 Å². The van der Waals surface area contributed by atoms with Crippen LogP contribution in [-0.2, 0) is 0 Å². The van der Waals surface area contributed by atoms with Gasteiger partial charge in [0.05, 0.1) is 29.5 Å². The number of benzene rings is 4. The molecule has 0 aliphatic heterocycles. The van der Waals surface area contributed by atoms with Gasteiger partial charge < -0.3 is 9.97 Å². The maximum atomic E-state index is 13.4. The van der Waals surface area contributed by atoms with Crippen LogP contribution in [0.15, 0.2) is 102 Å². The summed E-state index contributed by atoms with van der Waals surface area (Å²) in [6.45, 7) is 0. The van der Waals surface area contributed by atoms with Gasteiger partial charge >= 0.3 is 0 Å². The van der Waals surface area contributed by atoms with Gasteiger partial charge in [-0.1, -0.05) is 24.3 Å². The number of rotatable bonds is 6. The molecule has 0 saturated heterocycles. The second kappa shape index (κ2) is 10.6. The lowest BCUT2D eigenvalue weighted by molar-refractivity contribution is 0.0955. The molecule has 2 aromatic heterocycles. The second-order valence-corrected chi connectivity index (χ2v) is 9.54. The summed E-state index contributed by atoms with van der Waals surface area (Å²) < 4.78 is 13.4. The third-order valence-corrected chi connectivity index (χ3v) is 7.04. The SMILES string of the molecule is N#Cc1ccc2[nH]cc(C(c3ccc(C(=O)N/N=C/c4cccc(F)c4)cc3)c3c[nH]c4ccc(C#N)cc34)c2c1. The Kier molecular flexibility index (Phi) is 6.57. The summed E-state index contributed by atoms with van der Waals surface area (Å²) in [6.07, 6.45) is 5.25. The first-order chi connectivity index (χ1) is 20.0. The number of H-pyrrole nitrogens is 2. The lowest BCUT2D eigenvalue weighted by atomic mass is 9.84. The van der Waals surface area contributed by atoms with Crippen molar-refractivity contribution in [1.82, 2.24) is 15.4 Å². The fourth-order valence-electron chi connectivity index (χ4n) is 5.07. The minimum absolute atomic E-state index is 0.275. The van der Waals surface area contributed by atoms with E-state index in [9.17, 15) is 19.7 Å². The molecule has 0 unspecified atom stereocenters. The van der Waals surface area contributed by atoms with E-state index < -0.39 is 5.91 Å². The zero-order chi connectivity index (χ0) is 28.3. The van der Waals surface area contributed by atoms with Crippen molar-refractivity contribution in [3.8, 4) is 12.1 Å². The van der Waals surface area contributed by atoms with Crippen molar-refractivity contribution in [2.24, 2.45) is 5.10 Å². The van der Waals surface area contributed by atoms with E-state index in [0.29, 0.717) is 22.3 Å². The standard InChI is InChI=1S/C33H21FN6O/c34-25-3-1-2-22(12-25)17-39-40-33(41)24-8-6-23(7-9-24)32(28-18-37-30-10-4-20(15-35)13-26(28)30)29-19-38-31-11-5-21(16-36)14-27(29)31/h1-14,17-19,32,37-38H,(H,40,41)/b39-17+. The number of carbonyl (C=O) groups is 1. The van der Waals surface area contributed by atoms with Crippen LogP contribution in [0, 0.1) is 28.5 Å². The van der Waals surface area contributed by atoms with Gasteiger partial charge in [-0.05, 0) is 82.9 Å². The summed E-state index contributed by atoms with van der Waals surface area (Å²) in [5.41, 5.74) is 9.13. The van der Waals surface area contributed by atoms with Gasteiger partial charge in [0.2, 0.25) is 0 Å². The van der Waals surface area contributed by atoms with Crippen LogP contribution in [0.3, 0.4) is 0 Å². The highest BCUT2D eigenvalue weighted by Gasteiger charge is 2.24. The highest BCUT2D eigenvalue weighted by atomic mass is 19.1. The number of halogens is 1. The Morgan fingerprint density at radius 2 is 1.44 bits per heavy atom. The van der Waals surface area contributed by atoms with Crippen molar-refractivity contribution >= 4 is 33.9 Å². The predicted molar refractivity (Wildman–Crippen MR) is 155 cm³/mol. The summed E-state index contributed by atoms with van der Waals surface area (Å²) in [7, 11) is 0. The zero-order valence-corrected chi connectivity index (χ0v) is 21.5. The van der Waals surface area contributed by atoms with E-state index in [1.54, 1.807) is 36.4 Å². The first-order valence-electron chi connectivity index (χ1n) is 12.8. The molecule has 8 heteroatoms. The average molecular weight is 537 g/mol. The normalized spacial score (nSPS) is 11.2. The molecule has 41 heavy (non-hydrogen) atoms. The van der Waals surface area contributed by atoms with Gasteiger partial charge in [-0.15, -0.1) is 0 Å². The number of amides is 1. The van der Waals surface area contributed by atoms with Gasteiger partial charge in [0, 0.05) is 45.7 Å². The monoisotopic (exact) mass is 536 g/mol. The maximum absolute atomic E-state index is 13.4. The third-order valence-electron chi connectivity index (χ3n) is 7.04. The molecule has 7 nitrogen and oxygen atoms in total. The molecule has 0 atom stereocenters. The molecule has 2 heterocycles. The molecule has 0 radical (unpaired) electrons. The van der Waals surface area contributed by atoms with Crippen LogP contribution in [0.5, 0.6) is 0 Å². The largest absolute Gasteiger partial charge is 0.361 e. The number of nitriles is 2. The number of carbonyl (C=O) groups excluding carboxylic acids is 1. The van der Waals surface area contributed by atoms with E-state index in [2.05, 4.69) is 32.6 Å². The molecule has 0 aliphatic rings. The molecule has 0 bridgehead atoms. The van der Waals surface area contributed by atoms with E-state index in [1.807, 2.05) is 48.8 Å². The van der Waals surface area contributed by atoms with Crippen LogP contribution in [0.1, 0.15) is 49.7 Å². The molecule has 6 aromatic rings. The van der Waals surface area contributed by atoms with Crippen molar-refractivity contribution in [3.63, 3.8) is 0 Å². The third kappa shape index (κ3) is 4.94. The molecular formula is C33H21FN6O. The molecule has 3 N–H and O–H groups in total. The summed E-state index contributed by atoms with van der Waals surface area (Å²) in [4.78, 5) is 19.4. The molecule has 0 spiro atoms. The molecular weight excluding hydrogens is 515 g/mol. The zero-order valence-electron chi connectivity index (χ0n) is 21.5. The Morgan fingerprint density at radius 1 is 0.829 bits per heavy atom. The van der Waals surface area contributed by atoms with Crippen molar-refractivity contribution in [1.29, 1.82) is 10.5 Å². The van der Waals surface area contributed by atoms with Crippen LogP contribution in [0.4, 0.5) is 4.39 Å². The summed E-state index contributed by atoms with van der Waals surface area (Å²) >= 11 is 0. The van der Waals surface area contributed by atoms with Crippen molar-refractivity contribution < 1.29 is 9.18 Å². The number of aromatic nitrogens is 2. The van der Waals surface area contributed by atoms with Gasteiger partial charge in [0.15, 0.2) is 0 Å². The number of hydrogen-bond acceptors (Lipinski definition) is 4. The molecule has 196 valence electrons. The van der Waals surface area contributed by atoms with Crippen LogP contribution in [-0.4, -0.2) is 22.1 Å². The van der Waals surface area contributed by atoms with E-state index in [0.717, 1.165) is 38.5 Å². The first kappa shape index (κ1) is 25.3. The molecule has 0 fully saturated rings. The van der Waals surface area contributed by atoms with Gasteiger partial charge in [0.1, 0.15) is 5.82 Å². The Hall–Kier alpha value is -5.99. The lowest BCUT2D eigenvalue weighted by Crippen LogP contribution is -2.17. The van der Waals surface area contributed by atoms with Crippen molar-refractivity contribution in [2.75, 3.05) is 0 Å². The van der Waals surface area contributed by atoms with Gasteiger partial charge in [-0.2, -0.15) is 15.6 Å². The minimum atomic E-state index is -0.405. The predicted octanol–water partition coefficient (Wildman–Crippen LogP) is 6.48. The Morgan fingerprint density at radius 3 is 2.00 bits per heavy atom. The van der Waals surface area contributed by atoms with Crippen LogP contribution in [0.25, 0.3) is 21.8 Å². The Balaban J connectivity index is 1.39. The number of nitrogens with zero attached hydrogens (tertiary/aromatic N) is 3. The summed E-state index contributed by atoms with van der Waals surface area (Å²) in [6, 6.07) is 28.6. The number of aromatic amines is 2. The molecule has 0 saturated carbocycles. The summed E-state index contributed by atoms with van der Waals surface area (Å²) in [5.74, 6) is -1.07. The second-order valence-electron chi connectivity index (χ2n) is 9.54. The van der Waals surface area contributed by atoms with E-state index in [1.165, 1.54) is 18.3 Å². The first-order valence-corrected chi connectivity index (χ1v) is 12.8. The maximum Gasteiger partial charge on any atom is 0.271 e. The Bertz CT molecular complexity index is 1950. The molecule has 0 aliphatic carbocycles. The van der Waals surface area contributed by atoms with Crippen LogP contribution >= 0.6 is 0 Å². The van der Waals surface area contributed by atoms with E-state index in [-0.39, 0.29) is 11.7 Å². The van der Waals surface area contributed by atoms with Gasteiger partial charge in [0.25, 0.3) is 5.91 Å². The summed E-state index contributed by atoms with van der Waals surface area (Å²) in [5, 5.41) is 24.8. The highest BCUT2D eigenvalue weighted by molar-refractivity contribution is 5.95. The van der Waals surface area contributed by atoms with Crippen molar-refractivity contribution in [2.45, 2.75) is 5.92 Å². The number of hydrogen-bond donors (Lipinski definition) is 3. The van der Waals surface area contributed by atoms with E-state index in [4.69, 9.17) is 0 Å². The number of hydrazone groups is 1. The lowest BCUT2D eigenvalue weighted by Gasteiger charge is -2.18. The smallest absolute Gasteiger partial charge is 0.271 e. The Labute approximate surface area is 234 Å². The highest BCUT2D eigenvalue weighted by Crippen LogP contribution is 2.40.